The minimum atomic E-state index is 0. The molecule has 1 aromatic carbocycles. The van der Waals surface area contributed by atoms with Crippen LogP contribution < -0.4 is 5.32 Å². The lowest BCUT2D eigenvalue weighted by Gasteiger charge is -2.32. The number of aliphatic imine (C=N–C) groups is 1. The molecular weight excluding hydrogens is 437 g/mol. The molecule has 26 heavy (non-hydrogen) atoms. The maximum Gasteiger partial charge on any atom is 0.193 e. The summed E-state index contributed by atoms with van der Waals surface area (Å²) in [5.41, 5.74) is 1.51. The third-order valence-electron chi connectivity index (χ3n) is 5.52. The van der Waals surface area contributed by atoms with Crippen molar-refractivity contribution in [1.29, 1.82) is 0 Å². The first-order chi connectivity index (χ1) is 12.1. The smallest absolute Gasteiger partial charge is 0.193 e. The standard InChI is InChI=1S/C21H35N3O.HI/c1-5-21(6-2,19-11-9-8-10-12-19)17-23-20(22-7-3)24(4)15-18-13-14-25-16-18;/h8-12,18H,5-7,13-17H2,1-4H3,(H,22,23);1H. The van der Waals surface area contributed by atoms with Crippen LogP contribution in [-0.4, -0.2) is 50.8 Å². The molecule has 0 aromatic heterocycles. The first-order valence-electron chi connectivity index (χ1n) is 9.78. The topological polar surface area (TPSA) is 36.9 Å². The summed E-state index contributed by atoms with van der Waals surface area (Å²) in [4.78, 5) is 7.30. The molecule has 0 amide bonds. The summed E-state index contributed by atoms with van der Waals surface area (Å²) in [6.45, 7) is 11.2. The van der Waals surface area contributed by atoms with E-state index in [1.807, 2.05) is 0 Å². The van der Waals surface area contributed by atoms with E-state index in [1.54, 1.807) is 0 Å². The normalized spacial score (nSPS) is 17.7. The fourth-order valence-electron chi connectivity index (χ4n) is 3.66. The van der Waals surface area contributed by atoms with E-state index < -0.39 is 0 Å². The Bertz CT molecular complexity index is 525. The van der Waals surface area contributed by atoms with E-state index >= 15 is 0 Å². The van der Waals surface area contributed by atoms with E-state index in [2.05, 4.69) is 68.4 Å². The molecule has 0 saturated carbocycles. The zero-order valence-electron chi connectivity index (χ0n) is 16.8. The van der Waals surface area contributed by atoms with Gasteiger partial charge in [-0.1, -0.05) is 44.2 Å². The van der Waals surface area contributed by atoms with Crippen LogP contribution >= 0.6 is 24.0 Å². The molecule has 1 N–H and O–H groups in total. The van der Waals surface area contributed by atoms with Gasteiger partial charge in [0.1, 0.15) is 0 Å². The average Bonchev–Trinajstić information content (AvgIpc) is 3.15. The number of nitrogens with zero attached hydrogens (tertiary/aromatic N) is 2. The maximum absolute atomic E-state index is 5.52. The van der Waals surface area contributed by atoms with Crippen molar-refractivity contribution in [1.82, 2.24) is 10.2 Å². The average molecular weight is 473 g/mol. The van der Waals surface area contributed by atoms with Crippen molar-refractivity contribution in [2.75, 3.05) is 39.9 Å². The number of halogens is 1. The van der Waals surface area contributed by atoms with Crippen molar-refractivity contribution in [3.05, 3.63) is 35.9 Å². The number of hydrogen-bond acceptors (Lipinski definition) is 2. The SMILES string of the molecule is CCNC(=NCC(CC)(CC)c1ccccc1)N(C)CC1CCOC1.I. The van der Waals surface area contributed by atoms with Crippen molar-refractivity contribution in [2.24, 2.45) is 10.9 Å². The number of hydrogen-bond donors (Lipinski definition) is 1. The summed E-state index contributed by atoms with van der Waals surface area (Å²) in [7, 11) is 2.14. The monoisotopic (exact) mass is 473 g/mol. The zero-order valence-corrected chi connectivity index (χ0v) is 19.2. The molecule has 1 fully saturated rings. The zero-order chi connectivity index (χ0) is 18.1. The van der Waals surface area contributed by atoms with E-state index in [1.165, 1.54) is 5.56 Å². The molecule has 2 rings (SSSR count). The van der Waals surface area contributed by atoms with Gasteiger partial charge in [-0.2, -0.15) is 0 Å². The summed E-state index contributed by atoms with van der Waals surface area (Å²) < 4.78 is 5.52. The first-order valence-corrected chi connectivity index (χ1v) is 9.78. The van der Waals surface area contributed by atoms with Gasteiger partial charge in [0.25, 0.3) is 0 Å². The highest BCUT2D eigenvalue weighted by Gasteiger charge is 2.28. The van der Waals surface area contributed by atoms with E-state index in [-0.39, 0.29) is 29.4 Å². The first kappa shape index (κ1) is 23.2. The van der Waals surface area contributed by atoms with Crippen LogP contribution in [0.3, 0.4) is 0 Å². The third kappa shape index (κ3) is 6.12. The molecule has 1 saturated heterocycles. The van der Waals surface area contributed by atoms with Gasteiger partial charge < -0.3 is 15.0 Å². The van der Waals surface area contributed by atoms with Crippen LogP contribution in [0, 0.1) is 5.92 Å². The Morgan fingerprint density at radius 3 is 2.46 bits per heavy atom. The second-order valence-corrected chi connectivity index (χ2v) is 7.13. The van der Waals surface area contributed by atoms with Crippen LogP contribution in [0.5, 0.6) is 0 Å². The lowest BCUT2D eigenvalue weighted by Crippen LogP contribution is -2.42. The number of nitrogens with one attached hydrogen (secondary N) is 1. The van der Waals surface area contributed by atoms with Crippen LogP contribution in [0.4, 0.5) is 0 Å². The predicted molar refractivity (Wildman–Crippen MR) is 122 cm³/mol. The van der Waals surface area contributed by atoms with Crippen molar-refractivity contribution < 1.29 is 4.74 Å². The predicted octanol–water partition coefficient (Wildman–Crippen LogP) is 4.30. The van der Waals surface area contributed by atoms with Gasteiger partial charge in [-0.3, -0.25) is 4.99 Å². The fraction of sp³-hybridized carbons (Fsp3) is 0.667. The number of ether oxygens (including phenoxy) is 1. The van der Waals surface area contributed by atoms with E-state index in [4.69, 9.17) is 9.73 Å². The highest BCUT2D eigenvalue weighted by molar-refractivity contribution is 14.0. The highest BCUT2D eigenvalue weighted by atomic mass is 127. The van der Waals surface area contributed by atoms with Gasteiger partial charge in [0, 0.05) is 38.1 Å². The van der Waals surface area contributed by atoms with Crippen molar-refractivity contribution in [3.63, 3.8) is 0 Å². The molecule has 1 unspecified atom stereocenters. The Balaban J connectivity index is 0.00000338. The van der Waals surface area contributed by atoms with Crippen LogP contribution in [0.15, 0.2) is 35.3 Å². The molecular formula is C21H36IN3O. The minimum absolute atomic E-state index is 0. The van der Waals surface area contributed by atoms with Crippen LogP contribution in [0.25, 0.3) is 0 Å². The highest BCUT2D eigenvalue weighted by Crippen LogP contribution is 2.32. The van der Waals surface area contributed by atoms with Crippen LogP contribution in [-0.2, 0) is 10.2 Å². The van der Waals surface area contributed by atoms with Gasteiger partial charge in [0.05, 0.1) is 13.2 Å². The molecule has 0 bridgehead atoms. The largest absolute Gasteiger partial charge is 0.381 e. The Labute approximate surface area is 176 Å². The number of guanidine groups is 1. The Kier molecular flexibility index (Phi) is 10.5. The van der Waals surface area contributed by atoms with Gasteiger partial charge >= 0.3 is 0 Å². The molecule has 1 heterocycles. The van der Waals surface area contributed by atoms with Crippen molar-refractivity contribution >= 4 is 29.9 Å². The van der Waals surface area contributed by atoms with Gasteiger partial charge in [0.15, 0.2) is 5.96 Å². The summed E-state index contributed by atoms with van der Waals surface area (Å²) in [5, 5.41) is 3.46. The Morgan fingerprint density at radius 1 is 1.23 bits per heavy atom. The molecule has 4 nitrogen and oxygen atoms in total. The van der Waals surface area contributed by atoms with E-state index in [0.29, 0.717) is 5.92 Å². The summed E-state index contributed by atoms with van der Waals surface area (Å²) in [6.07, 6.45) is 3.34. The molecule has 1 aromatic rings. The summed E-state index contributed by atoms with van der Waals surface area (Å²) in [6, 6.07) is 10.8. The second-order valence-electron chi connectivity index (χ2n) is 7.13. The van der Waals surface area contributed by atoms with Crippen LogP contribution in [0.1, 0.15) is 45.6 Å². The summed E-state index contributed by atoms with van der Waals surface area (Å²) in [5.74, 6) is 1.63. The lowest BCUT2D eigenvalue weighted by molar-refractivity contribution is 0.181. The van der Waals surface area contributed by atoms with E-state index in [9.17, 15) is 0 Å². The molecule has 1 atom stereocenters. The summed E-state index contributed by atoms with van der Waals surface area (Å²) >= 11 is 0. The van der Waals surface area contributed by atoms with Crippen LogP contribution in [0.2, 0.25) is 0 Å². The molecule has 0 radical (unpaired) electrons. The molecule has 5 heteroatoms. The third-order valence-corrected chi connectivity index (χ3v) is 5.52. The van der Waals surface area contributed by atoms with Gasteiger partial charge in [-0.25, -0.2) is 0 Å². The molecule has 148 valence electrons. The fourth-order valence-corrected chi connectivity index (χ4v) is 3.66. The molecule has 1 aliphatic rings. The van der Waals surface area contributed by atoms with E-state index in [0.717, 1.165) is 58.1 Å². The van der Waals surface area contributed by atoms with Gasteiger partial charge in [-0.05, 0) is 31.7 Å². The molecule has 0 aliphatic carbocycles. The lowest BCUT2D eigenvalue weighted by atomic mass is 9.76. The number of rotatable bonds is 8. The minimum Gasteiger partial charge on any atom is -0.381 e. The molecule has 1 aliphatic heterocycles. The van der Waals surface area contributed by atoms with Crippen molar-refractivity contribution in [2.45, 2.75) is 45.4 Å². The Morgan fingerprint density at radius 2 is 1.92 bits per heavy atom. The van der Waals surface area contributed by atoms with Gasteiger partial charge in [-0.15, -0.1) is 24.0 Å². The van der Waals surface area contributed by atoms with Crippen molar-refractivity contribution in [3.8, 4) is 0 Å². The Hall–Kier alpha value is -0.820. The second kappa shape index (κ2) is 11.8. The maximum atomic E-state index is 5.52. The molecule has 0 spiro atoms. The van der Waals surface area contributed by atoms with Gasteiger partial charge in [0.2, 0.25) is 0 Å². The quantitative estimate of drug-likeness (QED) is 0.348. The number of benzene rings is 1.